The third-order valence-corrected chi connectivity index (χ3v) is 5.00. The number of benzene rings is 1. The molecular weight excluding hydrogens is 351 g/mol. The SMILES string of the molecule is Cl.NC1(c2noc(C3CC(=O)N(c4ccc(Cl)cc4)C3)n2)CCC1. The minimum absolute atomic E-state index is 0. The molecule has 2 heterocycles. The van der Waals surface area contributed by atoms with Gasteiger partial charge in [0.25, 0.3) is 0 Å². The molecule has 6 nitrogen and oxygen atoms in total. The summed E-state index contributed by atoms with van der Waals surface area (Å²) in [6.07, 6.45) is 3.22. The van der Waals surface area contributed by atoms with Crippen LogP contribution >= 0.6 is 24.0 Å². The summed E-state index contributed by atoms with van der Waals surface area (Å²) in [4.78, 5) is 18.5. The highest BCUT2D eigenvalue weighted by atomic mass is 35.5. The molecule has 1 aliphatic heterocycles. The van der Waals surface area contributed by atoms with Crippen LogP contribution in [0, 0.1) is 0 Å². The molecule has 1 aromatic heterocycles. The molecule has 1 atom stereocenters. The van der Waals surface area contributed by atoms with Crippen LogP contribution in [0.4, 0.5) is 5.69 Å². The fourth-order valence-corrected chi connectivity index (χ4v) is 3.25. The van der Waals surface area contributed by atoms with Crippen LogP contribution in [0.5, 0.6) is 0 Å². The lowest BCUT2D eigenvalue weighted by atomic mass is 9.77. The summed E-state index contributed by atoms with van der Waals surface area (Å²) in [6.45, 7) is 0.527. The van der Waals surface area contributed by atoms with Gasteiger partial charge in [-0.25, -0.2) is 0 Å². The number of amides is 1. The predicted molar refractivity (Wildman–Crippen MR) is 92.4 cm³/mol. The zero-order valence-electron chi connectivity index (χ0n) is 12.9. The number of rotatable bonds is 3. The van der Waals surface area contributed by atoms with Gasteiger partial charge in [-0.3, -0.25) is 4.79 Å². The third kappa shape index (κ3) is 2.90. The Kier molecular flexibility index (Phi) is 4.55. The van der Waals surface area contributed by atoms with Crippen LogP contribution in [0.2, 0.25) is 5.02 Å². The van der Waals surface area contributed by atoms with Gasteiger partial charge in [0.05, 0.1) is 11.5 Å². The van der Waals surface area contributed by atoms with E-state index in [9.17, 15) is 4.79 Å². The monoisotopic (exact) mass is 368 g/mol. The fourth-order valence-electron chi connectivity index (χ4n) is 3.13. The van der Waals surface area contributed by atoms with Gasteiger partial charge >= 0.3 is 0 Å². The Labute approximate surface area is 150 Å². The highest BCUT2D eigenvalue weighted by molar-refractivity contribution is 6.30. The molecule has 2 fully saturated rings. The van der Waals surface area contributed by atoms with Gasteiger partial charge in [0, 0.05) is 23.7 Å². The summed E-state index contributed by atoms with van der Waals surface area (Å²) in [7, 11) is 0. The Balaban J connectivity index is 0.00000169. The number of anilines is 1. The first-order valence-corrected chi connectivity index (χ1v) is 8.12. The lowest BCUT2D eigenvalue weighted by molar-refractivity contribution is -0.117. The number of nitrogens with two attached hydrogens (primary N) is 1. The highest BCUT2D eigenvalue weighted by Crippen LogP contribution is 2.38. The topological polar surface area (TPSA) is 85.2 Å². The van der Waals surface area contributed by atoms with Gasteiger partial charge in [0.15, 0.2) is 5.82 Å². The number of halogens is 2. The van der Waals surface area contributed by atoms with Crippen LogP contribution in [-0.4, -0.2) is 22.6 Å². The first kappa shape index (κ1) is 17.2. The van der Waals surface area contributed by atoms with E-state index < -0.39 is 5.54 Å². The molecule has 8 heteroatoms. The lowest BCUT2D eigenvalue weighted by Crippen LogP contribution is -2.44. The zero-order valence-corrected chi connectivity index (χ0v) is 14.5. The molecule has 128 valence electrons. The largest absolute Gasteiger partial charge is 0.339 e. The molecule has 1 saturated carbocycles. The molecule has 2 N–H and O–H groups in total. The maximum absolute atomic E-state index is 12.3. The molecule has 1 saturated heterocycles. The van der Waals surface area contributed by atoms with Crippen LogP contribution in [0.15, 0.2) is 28.8 Å². The summed E-state index contributed by atoms with van der Waals surface area (Å²) in [5, 5.41) is 4.68. The highest BCUT2D eigenvalue weighted by Gasteiger charge is 2.41. The van der Waals surface area contributed by atoms with Gasteiger partial charge in [-0.05, 0) is 43.5 Å². The van der Waals surface area contributed by atoms with E-state index in [1.54, 1.807) is 17.0 Å². The van der Waals surface area contributed by atoms with E-state index in [-0.39, 0.29) is 24.2 Å². The normalized spacial score (nSPS) is 22.2. The van der Waals surface area contributed by atoms with Crippen molar-refractivity contribution >= 4 is 35.6 Å². The molecule has 1 amide bonds. The summed E-state index contributed by atoms with van der Waals surface area (Å²) >= 11 is 5.90. The second kappa shape index (κ2) is 6.35. The standard InChI is InChI=1S/C16H17ClN4O2.ClH/c17-11-2-4-12(5-3-11)21-9-10(8-13(21)22)14-19-15(20-23-14)16(18)6-1-7-16;/h2-5,10H,1,6-9,18H2;1H. The second-order valence-corrected chi connectivity index (χ2v) is 6.78. The van der Waals surface area contributed by atoms with Gasteiger partial charge in [-0.1, -0.05) is 16.8 Å². The first-order chi connectivity index (χ1) is 11.0. The fraction of sp³-hybridized carbons (Fsp3) is 0.438. The minimum atomic E-state index is -0.444. The van der Waals surface area contributed by atoms with Gasteiger partial charge in [-0.2, -0.15) is 4.98 Å². The van der Waals surface area contributed by atoms with E-state index >= 15 is 0 Å². The maximum atomic E-state index is 12.3. The molecule has 24 heavy (non-hydrogen) atoms. The summed E-state index contributed by atoms with van der Waals surface area (Å²) < 4.78 is 5.38. The average Bonchev–Trinajstić information content (AvgIpc) is 3.13. The van der Waals surface area contributed by atoms with E-state index in [0.717, 1.165) is 24.9 Å². The summed E-state index contributed by atoms with van der Waals surface area (Å²) in [5.41, 5.74) is 6.61. The molecule has 1 aliphatic carbocycles. The Hall–Kier alpha value is -1.63. The smallest absolute Gasteiger partial charge is 0.232 e. The van der Waals surface area contributed by atoms with Crippen LogP contribution in [-0.2, 0) is 10.3 Å². The molecular formula is C16H18Cl2N4O2. The number of hydrogen-bond donors (Lipinski definition) is 1. The molecule has 1 aromatic carbocycles. The molecule has 0 spiro atoms. The van der Waals surface area contributed by atoms with Crippen LogP contribution < -0.4 is 10.6 Å². The van der Waals surface area contributed by atoms with Gasteiger partial charge in [-0.15, -0.1) is 12.4 Å². The molecule has 1 unspecified atom stereocenters. The lowest BCUT2D eigenvalue weighted by Gasteiger charge is -2.34. The molecule has 0 radical (unpaired) electrons. The van der Waals surface area contributed by atoms with Crippen molar-refractivity contribution in [2.45, 2.75) is 37.1 Å². The number of nitrogens with zero attached hydrogens (tertiary/aromatic N) is 3. The Morgan fingerprint density at radius 3 is 2.62 bits per heavy atom. The Morgan fingerprint density at radius 1 is 1.29 bits per heavy atom. The Bertz CT molecular complexity index is 743. The Morgan fingerprint density at radius 2 is 2.00 bits per heavy atom. The molecule has 4 rings (SSSR count). The van der Waals surface area contributed by atoms with Crippen molar-refractivity contribution in [3.63, 3.8) is 0 Å². The van der Waals surface area contributed by atoms with Gasteiger partial charge in [0.1, 0.15) is 0 Å². The van der Waals surface area contributed by atoms with Crippen molar-refractivity contribution in [1.82, 2.24) is 10.1 Å². The zero-order chi connectivity index (χ0) is 16.0. The maximum Gasteiger partial charge on any atom is 0.232 e. The van der Waals surface area contributed by atoms with Gasteiger partial charge < -0.3 is 15.2 Å². The number of carbonyl (C=O) groups is 1. The number of aromatic nitrogens is 2. The summed E-state index contributed by atoms with van der Waals surface area (Å²) in [6, 6.07) is 7.23. The van der Waals surface area contributed by atoms with Crippen molar-refractivity contribution in [3.8, 4) is 0 Å². The quantitative estimate of drug-likeness (QED) is 0.899. The molecule has 2 aromatic rings. The van der Waals surface area contributed by atoms with E-state index in [1.807, 2.05) is 12.1 Å². The van der Waals surface area contributed by atoms with E-state index in [1.165, 1.54) is 0 Å². The number of hydrogen-bond acceptors (Lipinski definition) is 5. The molecule has 0 bridgehead atoms. The first-order valence-electron chi connectivity index (χ1n) is 7.74. The summed E-state index contributed by atoms with van der Waals surface area (Å²) in [5.74, 6) is 1.02. The van der Waals surface area contributed by atoms with Crippen molar-refractivity contribution in [3.05, 3.63) is 41.0 Å². The minimum Gasteiger partial charge on any atom is -0.339 e. The van der Waals surface area contributed by atoms with Crippen LogP contribution in [0.3, 0.4) is 0 Å². The van der Waals surface area contributed by atoms with Crippen molar-refractivity contribution in [2.75, 3.05) is 11.4 Å². The van der Waals surface area contributed by atoms with Crippen molar-refractivity contribution in [2.24, 2.45) is 5.73 Å². The van der Waals surface area contributed by atoms with Crippen LogP contribution in [0.25, 0.3) is 0 Å². The van der Waals surface area contributed by atoms with Gasteiger partial charge in [0.2, 0.25) is 11.8 Å². The molecule has 2 aliphatic rings. The second-order valence-electron chi connectivity index (χ2n) is 6.35. The predicted octanol–water partition coefficient (Wildman–Crippen LogP) is 3.00. The van der Waals surface area contributed by atoms with Crippen molar-refractivity contribution < 1.29 is 9.32 Å². The van der Waals surface area contributed by atoms with Crippen molar-refractivity contribution in [1.29, 1.82) is 0 Å². The third-order valence-electron chi connectivity index (χ3n) is 4.75. The number of carbonyl (C=O) groups excluding carboxylic acids is 1. The van der Waals surface area contributed by atoms with E-state index in [2.05, 4.69) is 10.1 Å². The average molecular weight is 369 g/mol. The van der Waals surface area contributed by atoms with E-state index in [0.29, 0.717) is 29.7 Å². The van der Waals surface area contributed by atoms with E-state index in [4.69, 9.17) is 21.9 Å². The van der Waals surface area contributed by atoms with Crippen LogP contribution in [0.1, 0.15) is 43.3 Å².